The number of nitrogens with one attached hydrogen (secondary N) is 1. The van der Waals surface area contributed by atoms with Gasteiger partial charge in [0.05, 0.1) is 4.99 Å². The number of rotatable bonds is 0. The molecular formula is C7H11NS. The summed E-state index contributed by atoms with van der Waals surface area (Å²) in [6, 6.07) is 0. The van der Waals surface area contributed by atoms with E-state index in [-0.39, 0.29) is 0 Å². The van der Waals surface area contributed by atoms with Crippen LogP contribution in [0.15, 0.2) is 12.3 Å². The molecule has 1 unspecified atom stereocenters. The summed E-state index contributed by atoms with van der Waals surface area (Å²) >= 11 is 4.96. The fraction of sp³-hybridized carbons (Fsp3) is 0.571. The summed E-state index contributed by atoms with van der Waals surface area (Å²) in [6.45, 7) is 6.01. The van der Waals surface area contributed by atoms with Crippen LogP contribution in [0, 0.1) is 5.92 Å². The molecule has 0 radical (unpaired) electrons. The molecule has 50 valence electrons. The first-order valence-corrected chi connectivity index (χ1v) is 3.59. The lowest BCUT2D eigenvalue weighted by molar-refractivity contribution is 0.580. The van der Waals surface area contributed by atoms with Crippen molar-refractivity contribution in [1.29, 1.82) is 0 Å². The molecule has 0 aromatic heterocycles. The zero-order chi connectivity index (χ0) is 6.85. The van der Waals surface area contributed by atoms with E-state index in [1.807, 2.05) is 0 Å². The molecule has 9 heavy (non-hydrogen) atoms. The Kier molecular flexibility index (Phi) is 1.86. The Labute approximate surface area is 61.1 Å². The van der Waals surface area contributed by atoms with E-state index in [9.17, 15) is 0 Å². The molecule has 1 heterocycles. The lowest BCUT2D eigenvalue weighted by Crippen LogP contribution is -2.29. The standard InChI is InChI=1S/C7H11NS/c1-5-3-4-7(9)8-6(5)2/h5H,2-4H2,1H3,(H,8,9). The number of thiocarbonyl (C=S) groups is 1. The van der Waals surface area contributed by atoms with Gasteiger partial charge in [0.15, 0.2) is 0 Å². The lowest BCUT2D eigenvalue weighted by atomic mass is 9.99. The summed E-state index contributed by atoms with van der Waals surface area (Å²) in [6.07, 6.45) is 2.18. The van der Waals surface area contributed by atoms with Gasteiger partial charge in [0.2, 0.25) is 0 Å². The van der Waals surface area contributed by atoms with Crippen molar-refractivity contribution in [2.24, 2.45) is 5.92 Å². The van der Waals surface area contributed by atoms with Gasteiger partial charge in [-0.3, -0.25) is 0 Å². The molecule has 1 atom stereocenters. The molecule has 1 fully saturated rings. The molecule has 0 aliphatic carbocycles. The van der Waals surface area contributed by atoms with E-state index < -0.39 is 0 Å². The van der Waals surface area contributed by atoms with Crippen LogP contribution in [-0.4, -0.2) is 4.99 Å². The first-order valence-electron chi connectivity index (χ1n) is 3.19. The van der Waals surface area contributed by atoms with E-state index in [4.69, 9.17) is 12.2 Å². The fourth-order valence-corrected chi connectivity index (χ4v) is 1.14. The van der Waals surface area contributed by atoms with E-state index >= 15 is 0 Å². The summed E-state index contributed by atoms with van der Waals surface area (Å²) in [5, 5.41) is 3.07. The van der Waals surface area contributed by atoms with E-state index in [0.717, 1.165) is 23.5 Å². The average molecular weight is 141 g/mol. The average Bonchev–Trinajstić information content (AvgIpc) is 1.80. The van der Waals surface area contributed by atoms with Gasteiger partial charge in [-0.25, -0.2) is 0 Å². The molecule has 2 heteroatoms. The summed E-state index contributed by atoms with van der Waals surface area (Å²) in [5.74, 6) is 0.594. The van der Waals surface area contributed by atoms with E-state index in [0.29, 0.717) is 5.92 Å². The fourth-order valence-electron chi connectivity index (χ4n) is 0.887. The molecule has 1 saturated heterocycles. The van der Waals surface area contributed by atoms with Gasteiger partial charge in [-0.2, -0.15) is 0 Å². The Bertz CT molecular complexity index is 151. The predicted octanol–water partition coefficient (Wildman–Crippen LogP) is 1.85. The highest BCUT2D eigenvalue weighted by molar-refractivity contribution is 7.80. The van der Waals surface area contributed by atoms with Crippen LogP contribution in [-0.2, 0) is 0 Å². The number of allylic oxidation sites excluding steroid dienone is 1. The zero-order valence-electron chi connectivity index (χ0n) is 5.61. The maximum atomic E-state index is 4.96. The van der Waals surface area contributed by atoms with Gasteiger partial charge < -0.3 is 5.32 Å². The number of hydrogen-bond acceptors (Lipinski definition) is 1. The maximum absolute atomic E-state index is 4.96. The monoisotopic (exact) mass is 141 g/mol. The Morgan fingerprint density at radius 1 is 1.78 bits per heavy atom. The lowest BCUT2D eigenvalue weighted by Gasteiger charge is -2.22. The van der Waals surface area contributed by atoms with Crippen LogP contribution in [0.25, 0.3) is 0 Å². The predicted molar refractivity (Wildman–Crippen MR) is 43.3 cm³/mol. The van der Waals surface area contributed by atoms with E-state index in [2.05, 4.69) is 18.8 Å². The summed E-state index contributed by atoms with van der Waals surface area (Å²) in [4.78, 5) is 0.943. The maximum Gasteiger partial charge on any atom is 0.0794 e. The largest absolute Gasteiger partial charge is 0.354 e. The summed E-state index contributed by atoms with van der Waals surface area (Å²) < 4.78 is 0. The van der Waals surface area contributed by atoms with Crippen molar-refractivity contribution in [1.82, 2.24) is 5.32 Å². The van der Waals surface area contributed by atoms with Crippen molar-refractivity contribution in [2.45, 2.75) is 19.8 Å². The molecule has 0 aromatic rings. The minimum atomic E-state index is 0.594. The third-order valence-electron chi connectivity index (χ3n) is 1.70. The molecule has 1 aliphatic heterocycles. The van der Waals surface area contributed by atoms with Crippen LogP contribution in [0.2, 0.25) is 0 Å². The molecule has 0 saturated carbocycles. The Morgan fingerprint density at radius 2 is 2.44 bits per heavy atom. The molecule has 0 bridgehead atoms. The van der Waals surface area contributed by atoms with Gasteiger partial charge in [0.25, 0.3) is 0 Å². The zero-order valence-corrected chi connectivity index (χ0v) is 6.42. The molecular weight excluding hydrogens is 130 g/mol. The van der Waals surface area contributed by atoms with E-state index in [1.165, 1.54) is 0 Å². The molecule has 0 amide bonds. The minimum Gasteiger partial charge on any atom is -0.354 e. The Hall–Kier alpha value is -0.370. The first-order chi connectivity index (χ1) is 4.20. The van der Waals surface area contributed by atoms with Crippen LogP contribution in [0.5, 0.6) is 0 Å². The van der Waals surface area contributed by atoms with Crippen molar-refractivity contribution in [3.05, 3.63) is 12.3 Å². The second-order valence-electron chi connectivity index (χ2n) is 2.51. The molecule has 1 rings (SSSR count). The number of hydrogen-bond donors (Lipinski definition) is 1. The molecule has 1 N–H and O–H groups in total. The minimum absolute atomic E-state index is 0.594. The highest BCUT2D eigenvalue weighted by Gasteiger charge is 2.13. The highest BCUT2D eigenvalue weighted by atomic mass is 32.1. The van der Waals surface area contributed by atoms with Crippen LogP contribution in [0.3, 0.4) is 0 Å². The van der Waals surface area contributed by atoms with Gasteiger partial charge in [-0.1, -0.05) is 25.7 Å². The van der Waals surface area contributed by atoms with Crippen molar-refractivity contribution < 1.29 is 0 Å². The summed E-state index contributed by atoms with van der Waals surface area (Å²) in [7, 11) is 0. The quantitative estimate of drug-likeness (QED) is 0.517. The number of piperidine rings is 1. The van der Waals surface area contributed by atoms with E-state index in [1.54, 1.807) is 0 Å². The second kappa shape index (κ2) is 2.48. The first kappa shape index (κ1) is 6.75. The normalized spacial score (nSPS) is 27.9. The molecule has 0 spiro atoms. The van der Waals surface area contributed by atoms with Gasteiger partial charge >= 0.3 is 0 Å². The van der Waals surface area contributed by atoms with Crippen LogP contribution >= 0.6 is 12.2 Å². The third kappa shape index (κ3) is 1.52. The van der Waals surface area contributed by atoms with Crippen LogP contribution < -0.4 is 5.32 Å². The van der Waals surface area contributed by atoms with Gasteiger partial charge in [-0.05, 0) is 18.8 Å². The Balaban J connectivity index is 2.54. The smallest absolute Gasteiger partial charge is 0.0794 e. The van der Waals surface area contributed by atoms with Crippen molar-refractivity contribution in [3.8, 4) is 0 Å². The second-order valence-corrected chi connectivity index (χ2v) is 3.01. The van der Waals surface area contributed by atoms with Crippen LogP contribution in [0.4, 0.5) is 0 Å². The third-order valence-corrected chi connectivity index (χ3v) is 2.01. The SMILES string of the molecule is C=C1NC(=S)CCC1C. The highest BCUT2D eigenvalue weighted by Crippen LogP contribution is 2.17. The van der Waals surface area contributed by atoms with Gasteiger partial charge in [-0.15, -0.1) is 0 Å². The Morgan fingerprint density at radius 3 is 2.89 bits per heavy atom. The van der Waals surface area contributed by atoms with Crippen LogP contribution in [0.1, 0.15) is 19.8 Å². The molecule has 0 aromatic carbocycles. The topological polar surface area (TPSA) is 12.0 Å². The van der Waals surface area contributed by atoms with Crippen molar-refractivity contribution in [2.75, 3.05) is 0 Å². The van der Waals surface area contributed by atoms with Gasteiger partial charge in [0, 0.05) is 5.70 Å². The summed E-state index contributed by atoms with van der Waals surface area (Å²) in [5.41, 5.74) is 1.08. The van der Waals surface area contributed by atoms with Gasteiger partial charge in [0.1, 0.15) is 0 Å². The van der Waals surface area contributed by atoms with Crippen molar-refractivity contribution >= 4 is 17.2 Å². The molecule has 1 nitrogen and oxygen atoms in total. The van der Waals surface area contributed by atoms with Crippen molar-refractivity contribution in [3.63, 3.8) is 0 Å². The molecule has 1 aliphatic rings.